The van der Waals surface area contributed by atoms with Crippen LogP contribution in [0.4, 0.5) is 17.6 Å². The molecule has 1 aromatic heterocycles. The highest BCUT2D eigenvalue weighted by Crippen LogP contribution is 2.25. The number of halogens is 4. The van der Waals surface area contributed by atoms with Crippen LogP contribution < -0.4 is 16.2 Å². The molecule has 1 aromatic rings. The Morgan fingerprint density at radius 2 is 1.85 bits per heavy atom. The van der Waals surface area contributed by atoms with Crippen molar-refractivity contribution in [1.82, 2.24) is 9.29 Å². The maximum absolute atomic E-state index is 12.7. The zero-order valence-electron chi connectivity index (χ0n) is 17.3. The van der Waals surface area contributed by atoms with Crippen molar-refractivity contribution in [2.75, 3.05) is 26.2 Å². The molecule has 0 bridgehead atoms. The molecule has 0 aromatic carbocycles. The van der Waals surface area contributed by atoms with Gasteiger partial charge in [-0.2, -0.15) is 17.5 Å². The molecule has 1 aliphatic rings. The van der Waals surface area contributed by atoms with Gasteiger partial charge in [0.15, 0.2) is 0 Å². The van der Waals surface area contributed by atoms with Gasteiger partial charge in [0, 0.05) is 37.7 Å². The number of primary amides is 1. The third-order valence-electron chi connectivity index (χ3n) is 4.47. The van der Waals surface area contributed by atoms with Crippen LogP contribution in [0.15, 0.2) is 35.1 Å². The van der Waals surface area contributed by atoms with Crippen LogP contribution in [0.3, 0.4) is 0 Å². The predicted molar refractivity (Wildman–Crippen MR) is 107 cm³/mol. The number of ether oxygens (including phenoxy) is 1. The van der Waals surface area contributed by atoms with Crippen LogP contribution in [0.25, 0.3) is 0 Å². The Bertz CT molecular complexity index is 930. The Kier molecular flexibility index (Phi) is 10.7. The van der Waals surface area contributed by atoms with Gasteiger partial charge in [-0.25, -0.2) is 22.6 Å². The first-order valence-corrected chi connectivity index (χ1v) is 10.9. The molecule has 0 aliphatic carbocycles. The van der Waals surface area contributed by atoms with Gasteiger partial charge >= 0.3 is 12.1 Å². The molecule has 1 amide bonds. The average molecular weight is 500 g/mol. The number of carboxylic acid groups (broad SMARTS) is 1. The Morgan fingerprint density at radius 3 is 2.24 bits per heavy atom. The van der Waals surface area contributed by atoms with Gasteiger partial charge in [-0.15, -0.1) is 0 Å². The van der Waals surface area contributed by atoms with E-state index < -0.39 is 22.2 Å². The van der Waals surface area contributed by atoms with E-state index in [2.05, 4.69) is 4.98 Å². The highest BCUT2D eigenvalue weighted by atomic mass is 32.2. The number of carboxylic acids is 1. The second kappa shape index (κ2) is 12.5. The van der Waals surface area contributed by atoms with Gasteiger partial charge < -0.3 is 21.3 Å². The number of carbonyl (C=O) groups is 2. The number of aliphatic carboxylic acids is 1. The lowest BCUT2D eigenvalue weighted by molar-refractivity contribution is -0.192. The van der Waals surface area contributed by atoms with Crippen LogP contribution in [0.5, 0.6) is 5.88 Å². The molecule has 0 saturated carbocycles. The minimum atomic E-state index is -5.08. The largest absolute Gasteiger partial charge is 0.490 e. The van der Waals surface area contributed by atoms with E-state index in [0.717, 1.165) is 0 Å². The lowest BCUT2D eigenvalue weighted by Gasteiger charge is -2.30. The van der Waals surface area contributed by atoms with E-state index in [1.165, 1.54) is 22.6 Å². The SMILES string of the molecule is NC/C(=C\F)COc1ccc(S(=O)(=O)N2CCC(CC(N)=O)CC2)cn1.O=C(O)C(F)(F)F. The van der Waals surface area contributed by atoms with E-state index in [0.29, 0.717) is 32.3 Å². The van der Waals surface area contributed by atoms with Gasteiger partial charge in [-0.1, -0.05) is 0 Å². The molecule has 2 rings (SSSR count). The Morgan fingerprint density at radius 1 is 1.27 bits per heavy atom. The van der Waals surface area contributed by atoms with Gasteiger partial charge in [0.05, 0.1) is 12.5 Å². The quantitative estimate of drug-likeness (QED) is 0.448. The maximum atomic E-state index is 12.7. The summed E-state index contributed by atoms with van der Waals surface area (Å²) in [5.41, 5.74) is 10.8. The topological polar surface area (TPSA) is 166 Å². The maximum Gasteiger partial charge on any atom is 0.490 e. The molecule has 10 nitrogen and oxygen atoms in total. The van der Waals surface area contributed by atoms with E-state index in [-0.39, 0.29) is 47.7 Å². The van der Waals surface area contributed by atoms with Gasteiger partial charge in [0.1, 0.15) is 11.5 Å². The number of sulfonamides is 1. The minimum absolute atomic E-state index is 0.0225. The zero-order chi connectivity index (χ0) is 25.2. The molecular weight excluding hydrogens is 476 g/mol. The standard InChI is InChI=1S/C16H23FN4O4S.C2HF3O2/c17-8-13(9-18)11-25-16-2-1-14(10-20-16)26(23,24)21-5-3-12(4-6-21)7-15(19)22;3-2(4,5)1(6)7/h1-2,8,10,12H,3-7,9,11,18H2,(H2,19,22);(H,6,7)/b13-8+;. The van der Waals surface area contributed by atoms with Crippen molar-refractivity contribution in [3.05, 3.63) is 30.2 Å². The first-order chi connectivity index (χ1) is 15.3. The van der Waals surface area contributed by atoms with E-state index >= 15 is 0 Å². The number of amides is 1. The molecule has 15 heteroatoms. The summed E-state index contributed by atoms with van der Waals surface area (Å²) in [6.45, 7) is 0.632. The number of aromatic nitrogens is 1. The number of pyridine rings is 1. The Labute approximate surface area is 187 Å². The lowest BCUT2D eigenvalue weighted by atomic mass is 9.94. The fourth-order valence-electron chi connectivity index (χ4n) is 2.69. The van der Waals surface area contributed by atoms with Gasteiger partial charge in [-0.05, 0) is 24.8 Å². The second-order valence-electron chi connectivity index (χ2n) is 6.91. The van der Waals surface area contributed by atoms with Crippen molar-refractivity contribution in [3.8, 4) is 5.88 Å². The van der Waals surface area contributed by atoms with Crippen molar-refractivity contribution in [2.24, 2.45) is 17.4 Å². The molecule has 1 fully saturated rings. The third kappa shape index (κ3) is 9.31. The number of hydrogen-bond acceptors (Lipinski definition) is 7. The van der Waals surface area contributed by atoms with E-state index in [1.807, 2.05) is 0 Å². The normalized spacial score (nSPS) is 16.0. The lowest BCUT2D eigenvalue weighted by Crippen LogP contribution is -2.39. The predicted octanol–water partition coefficient (Wildman–Crippen LogP) is 1.18. The molecule has 33 heavy (non-hydrogen) atoms. The summed E-state index contributed by atoms with van der Waals surface area (Å²) < 4.78 is 76.1. The third-order valence-corrected chi connectivity index (χ3v) is 6.36. The molecule has 0 radical (unpaired) electrons. The average Bonchev–Trinajstić information content (AvgIpc) is 2.74. The van der Waals surface area contributed by atoms with Crippen molar-refractivity contribution < 1.29 is 45.4 Å². The monoisotopic (exact) mass is 500 g/mol. The summed E-state index contributed by atoms with van der Waals surface area (Å²) in [6.07, 6.45) is -2.04. The molecule has 0 atom stereocenters. The zero-order valence-corrected chi connectivity index (χ0v) is 18.1. The van der Waals surface area contributed by atoms with Crippen molar-refractivity contribution in [2.45, 2.75) is 30.3 Å². The summed E-state index contributed by atoms with van der Waals surface area (Å²) in [4.78, 5) is 23.9. The summed E-state index contributed by atoms with van der Waals surface area (Å²) in [5.74, 6) is -2.83. The molecule has 186 valence electrons. The van der Waals surface area contributed by atoms with E-state index in [4.69, 9.17) is 26.1 Å². The highest BCUT2D eigenvalue weighted by molar-refractivity contribution is 7.89. The highest BCUT2D eigenvalue weighted by Gasteiger charge is 2.38. The molecule has 0 unspecified atom stereocenters. The summed E-state index contributed by atoms with van der Waals surface area (Å²) in [7, 11) is -3.66. The summed E-state index contributed by atoms with van der Waals surface area (Å²) >= 11 is 0. The van der Waals surface area contributed by atoms with Crippen LogP contribution >= 0.6 is 0 Å². The fourth-order valence-corrected chi connectivity index (χ4v) is 4.11. The first kappa shape index (κ1) is 28.3. The number of nitrogens with zero attached hydrogens (tertiary/aromatic N) is 2. The van der Waals surface area contributed by atoms with Gasteiger partial charge in [0.25, 0.3) is 0 Å². The number of piperidine rings is 1. The first-order valence-electron chi connectivity index (χ1n) is 9.46. The van der Waals surface area contributed by atoms with Crippen LogP contribution in [0.1, 0.15) is 19.3 Å². The fraction of sp³-hybridized carbons (Fsp3) is 0.500. The number of rotatable bonds is 8. The number of alkyl halides is 3. The molecular formula is C18H24F4N4O6S. The van der Waals surface area contributed by atoms with Crippen LogP contribution in [-0.2, 0) is 19.6 Å². The number of hydrogen-bond donors (Lipinski definition) is 3. The molecule has 1 saturated heterocycles. The molecule has 5 N–H and O–H groups in total. The minimum Gasteiger partial charge on any atom is -0.475 e. The van der Waals surface area contributed by atoms with E-state index in [9.17, 15) is 30.8 Å². The van der Waals surface area contributed by atoms with Crippen LogP contribution in [0, 0.1) is 5.92 Å². The van der Waals surface area contributed by atoms with Crippen LogP contribution in [0.2, 0.25) is 0 Å². The van der Waals surface area contributed by atoms with Crippen molar-refractivity contribution in [1.29, 1.82) is 0 Å². The van der Waals surface area contributed by atoms with Gasteiger partial charge in [-0.3, -0.25) is 4.79 Å². The molecule has 0 spiro atoms. The summed E-state index contributed by atoms with van der Waals surface area (Å²) in [5, 5.41) is 7.12. The smallest absolute Gasteiger partial charge is 0.475 e. The van der Waals surface area contributed by atoms with E-state index in [1.54, 1.807) is 0 Å². The van der Waals surface area contributed by atoms with Crippen molar-refractivity contribution in [3.63, 3.8) is 0 Å². The number of carbonyl (C=O) groups excluding carboxylic acids is 1. The molecule has 1 aliphatic heterocycles. The Balaban J connectivity index is 0.000000675. The van der Waals surface area contributed by atoms with Crippen molar-refractivity contribution >= 4 is 21.9 Å². The Hall–Kier alpha value is -2.78. The second-order valence-corrected chi connectivity index (χ2v) is 8.85. The number of nitrogens with two attached hydrogens (primary N) is 2. The van der Waals surface area contributed by atoms with Gasteiger partial charge in [0.2, 0.25) is 21.8 Å². The summed E-state index contributed by atoms with van der Waals surface area (Å²) in [6, 6.07) is 2.81. The molecule has 2 heterocycles. The van der Waals surface area contributed by atoms with Crippen LogP contribution in [-0.4, -0.2) is 67.1 Å².